The zero-order valence-corrected chi connectivity index (χ0v) is 9.78. The smallest absolute Gasteiger partial charge is 0.214 e. The lowest BCUT2D eigenvalue weighted by Crippen LogP contribution is -2.34. The first-order chi connectivity index (χ1) is 7.59. The van der Waals surface area contributed by atoms with Crippen molar-refractivity contribution in [3.8, 4) is 0 Å². The van der Waals surface area contributed by atoms with E-state index in [-0.39, 0.29) is 17.8 Å². The summed E-state index contributed by atoms with van der Waals surface area (Å²) in [7, 11) is -3.12. The van der Waals surface area contributed by atoms with Crippen LogP contribution >= 0.6 is 0 Å². The molecule has 1 fully saturated rings. The Morgan fingerprint density at radius 2 is 1.94 bits per heavy atom. The van der Waals surface area contributed by atoms with Crippen LogP contribution in [0.2, 0.25) is 0 Å². The van der Waals surface area contributed by atoms with E-state index in [1.54, 1.807) is 0 Å². The molecule has 1 unspecified atom stereocenters. The van der Waals surface area contributed by atoms with Gasteiger partial charge in [-0.3, -0.25) is 0 Å². The van der Waals surface area contributed by atoms with Crippen LogP contribution < -0.4 is 10.5 Å². The van der Waals surface area contributed by atoms with Crippen LogP contribution in [0.3, 0.4) is 0 Å². The first-order valence-electron chi connectivity index (χ1n) is 5.38. The fourth-order valence-corrected chi connectivity index (χ4v) is 2.92. The third-order valence-corrected chi connectivity index (χ3v) is 4.61. The minimum Gasteiger partial charge on any atom is -0.323 e. The summed E-state index contributed by atoms with van der Waals surface area (Å²) in [5.41, 5.74) is 6.84. The molecule has 4 nitrogen and oxygen atoms in total. The van der Waals surface area contributed by atoms with E-state index in [2.05, 4.69) is 4.72 Å². The highest BCUT2D eigenvalue weighted by molar-refractivity contribution is 7.90. The summed E-state index contributed by atoms with van der Waals surface area (Å²) in [4.78, 5) is 0. The van der Waals surface area contributed by atoms with Crippen molar-refractivity contribution >= 4 is 10.0 Å². The Hall–Kier alpha value is -0.910. The molecular formula is C11H16N2O2S. The molecule has 3 N–H and O–H groups in total. The molecule has 16 heavy (non-hydrogen) atoms. The molecule has 1 aliphatic carbocycles. The second-order valence-electron chi connectivity index (χ2n) is 4.11. The second kappa shape index (κ2) is 4.53. The summed E-state index contributed by atoms with van der Waals surface area (Å²) in [6.07, 6.45) is 1.55. The van der Waals surface area contributed by atoms with Crippen LogP contribution in [0.25, 0.3) is 0 Å². The molecule has 0 amide bonds. The SMILES string of the molecule is NC(CNS(=O)(=O)C1CC1)c1ccccc1. The highest BCUT2D eigenvalue weighted by Crippen LogP contribution is 2.27. The predicted octanol–water partition coefficient (Wildman–Crippen LogP) is 0.768. The average molecular weight is 240 g/mol. The molecule has 0 aromatic heterocycles. The van der Waals surface area contributed by atoms with Crippen molar-refractivity contribution in [2.24, 2.45) is 5.73 Å². The van der Waals surface area contributed by atoms with Gasteiger partial charge in [0.15, 0.2) is 0 Å². The first-order valence-corrected chi connectivity index (χ1v) is 6.93. The molecule has 1 aromatic carbocycles. The Morgan fingerprint density at radius 3 is 2.50 bits per heavy atom. The van der Waals surface area contributed by atoms with Gasteiger partial charge in [0.1, 0.15) is 0 Å². The number of hydrogen-bond donors (Lipinski definition) is 2. The molecule has 1 atom stereocenters. The summed E-state index contributed by atoms with van der Waals surface area (Å²) in [5, 5.41) is -0.185. The van der Waals surface area contributed by atoms with E-state index in [0.717, 1.165) is 18.4 Å². The lowest BCUT2D eigenvalue weighted by Gasteiger charge is -2.13. The largest absolute Gasteiger partial charge is 0.323 e. The van der Waals surface area contributed by atoms with Gasteiger partial charge in [-0.15, -0.1) is 0 Å². The molecule has 1 saturated carbocycles. The Bertz CT molecular complexity index is 440. The van der Waals surface area contributed by atoms with Crippen molar-refractivity contribution in [1.29, 1.82) is 0 Å². The van der Waals surface area contributed by atoms with Crippen LogP contribution in [-0.2, 0) is 10.0 Å². The molecule has 1 aromatic rings. The molecule has 0 saturated heterocycles. The maximum absolute atomic E-state index is 11.6. The van der Waals surface area contributed by atoms with Gasteiger partial charge in [-0.25, -0.2) is 13.1 Å². The summed E-state index contributed by atoms with van der Waals surface area (Å²) < 4.78 is 25.7. The van der Waals surface area contributed by atoms with Gasteiger partial charge in [-0.05, 0) is 18.4 Å². The molecular weight excluding hydrogens is 224 g/mol. The van der Waals surface area contributed by atoms with Gasteiger partial charge in [0.25, 0.3) is 0 Å². The van der Waals surface area contributed by atoms with E-state index in [1.165, 1.54) is 0 Å². The van der Waals surface area contributed by atoms with Gasteiger partial charge in [0, 0.05) is 12.6 Å². The maximum Gasteiger partial charge on any atom is 0.214 e. The number of sulfonamides is 1. The fraction of sp³-hybridized carbons (Fsp3) is 0.455. The van der Waals surface area contributed by atoms with Crippen LogP contribution in [0.5, 0.6) is 0 Å². The summed E-state index contributed by atoms with van der Waals surface area (Å²) in [6, 6.07) is 9.21. The Kier molecular flexibility index (Phi) is 3.28. The van der Waals surface area contributed by atoms with Crippen molar-refractivity contribution < 1.29 is 8.42 Å². The van der Waals surface area contributed by atoms with E-state index >= 15 is 0 Å². The lowest BCUT2D eigenvalue weighted by molar-refractivity contribution is 0.571. The minimum atomic E-state index is -3.12. The van der Waals surface area contributed by atoms with Crippen LogP contribution in [0.4, 0.5) is 0 Å². The monoisotopic (exact) mass is 240 g/mol. The molecule has 0 radical (unpaired) electrons. The lowest BCUT2D eigenvalue weighted by atomic mass is 10.1. The van der Waals surface area contributed by atoms with Crippen LogP contribution in [0, 0.1) is 0 Å². The number of benzene rings is 1. The third kappa shape index (κ3) is 2.81. The van der Waals surface area contributed by atoms with Crippen molar-refractivity contribution in [3.63, 3.8) is 0 Å². The quantitative estimate of drug-likeness (QED) is 0.798. The average Bonchev–Trinajstić information content (AvgIpc) is 3.11. The van der Waals surface area contributed by atoms with Crippen molar-refractivity contribution in [3.05, 3.63) is 35.9 Å². The number of nitrogens with one attached hydrogen (secondary N) is 1. The van der Waals surface area contributed by atoms with Gasteiger partial charge in [0.05, 0.1) is 5.25 Å². The van der Waals surface area contributed by atoms with Gasteiger partial charge >= 0.3 is 0 Å². The Balaban J connectivity index is 1.91. The number of nitrogens with two attached hydrogens (primary N) is 1. The number of hydrogen-bond acceptors (Lipinski definition) is 3. The summed E-state index contributed by atoms with van der Waals surface area (Å²) in [5.74, 6) is 0. The van der Waals surface area contributed by atoms with Crippen LogP contribution in [0.15, 0.2) is 30.3 Å². The zero-order valence-electron chi connectivity index (χ0n) is 8.96. The number of rotatable bonds is 5. The summed E-state index contributed by atoms with van der Waals surface area (Å²) in [6.45, 7) is 0.267. The molecule has 1 aliphatic rings. The van der Waals surface area contributed by atoms with E-state index in [4.69, 9.17) is 5.73 Å². The highest BCUT2D eigenvalue weighted by Gasteiger charge is 2.35. The third-order valence-electron chi connectivity index (χ3n) is 2.70. The molecule has 0 bridgehead atoms. The summed E-state index contributed by atoms with van der Waals surface area (Å²) >= 11 is 0. The normalized spacial score (nSPS) is 18.3. The van der Waals surface area contributed by atoms with Gasteiger partial charge in [0.2, 0.25) is 10.0 Å². The molecule has 2 rings (SSSR count). The van der Waals surface area contributed by atoms with Crippen LogP contribution in [-0.4, -0.2) is 20.2 Å². The van der Waals surface area contributed by atoms with E-state index in [9.17, 15) is 8.42 Å². The zero-order chi connectivity index (χ0) is 11.6. The molecule has 5 heteroatoms. The predicted molar refractivity (Wildman–Crippen MR) is 63.3 cm³/mol. The van der Waals surface area contributed by atoms with Crippen molar-refractivity contribution in [2.45, 2.75) is 24.1 Å². The second-order valence-corrected chi connectivity index (χ2v) is 6.16. The van der Waals surface area contributed by atoms with Gasteiger partial charge in [-0.1, -0.05) is 30.3 Å². The molecule has 88 valence electrons. The van der Waals surface area contributed by atoms with Crippen LogP contribution in [0.1, 0.15) is 24.4 Å². The first kappa shape index (κ1) is 11.6. The Morgan fingerprint density at radius 1 is 1.31 bits per heavy atom. The van der Waals surface area contributed by atoms with Gasteiger partial charge in [-0.2, -0.15) is 0 Å². The van der Waals surface area contributed by atoms with E-state index in [1.807, 2.05) is 30.3 Å². The minimum absolute atomic E-state index is 0.185. The van der Waals surface area contributed by atoms with E-state index < -0.39 is 10.0 Å². The molecule has 0 heterocycles. The van der Waals surface area contributed by atoms with E-state index in [0.29, 0.717) is 0 Å². The Labute approximate surface area is 95.9 Å². The highest BCUT2D eigenvalue weighted by atomic mass is 32.2. The van der Waals surface area contributed by atoms with Crippen molar-refractivity contribution in [1.82, 2.24) is 4.72 Å². The van der Waals surface area contributed by atoms with Gasteiger partial charge < -0.3 is 5.73 Å². The standard InChI is InChI=1S/C11H16N2O2S/c12-11(9-4-2-1-3-5-9)8-13-16(14,15)10-6-7-10/h1-5,10-11,13H,6-8,12H2. The topological polar surface area (TPSA) is 72.2 Å². The molecule has 0 spiro atoms. The maximum atomic E-state index is 11.6. The fourth-order valence-electron chi connectivity index (χ4n) is 1.52. The molecule has 0 aliphatic heterocycles. The van der Waals surface area contributed by atoms with Crippen molar-refractivity contribution in [2.75, 3.05) is 6.54 Å².